The fourth-order valence-corrected chi connectivity index (χ4v) is 5.71. The maximum atomic E-state index is 12.1. The number of carbonyl (C=O) groups excluding carboxylic acids is 2. The van der Waals surface area contributed by atoms with E-state index < -0.39 is 5.54 Å². The predicted molar refractivity (Wildman–Crippen MR) is 120 cm³/mol. The molecule has 5 rings (SSSR count). The molecular formula is C24H23N3O3S. The van der Waals surface area contributed by atoms with E-state index in [2.05, 4.69) is 27.8 Å². The SMILES string of the molecule is Cc1cc(COc2ccc(SC3CCC4(C3)NC(=O)NC4=O)cc2)c2ccccc2n1. The summed E-state index contributed by atoms with van der Waals surface area (Å²) in [6, 6.07) is 17.9. The summed E-state index contributed by atoms with van der Waals surface area (Å²) < 4.78 is 6.04. The van der Waals surface area contributed by atoms with Crippen molar-refractivity contribution in [3.63, 3.8) is 0 Å². The second-order valence-corrected chi connectivity index (χ2v) is 9.55. The Kier molecular flexibility index (Phi) is 5.06. The van der Waals surface area contributed by atoms with E-state index in [9.17, 15) is 9.59 Å². The van der Waals surface area contributed by atoms with Gasteiger partial charge in [-0.3, -0.25) is 15.1 Å². The zero-order valence-electron chi connectivity index (χ0n) is 17.2. The van der Waals surface area contributed by atoms with Crippen LogP contribution in [0, 0.1) is 6.92 Å². The van der Waals surface area contributed by atoms with Gasteiger partial charge in [-0.15, -0.1) is 11.8 Å². The van der Waals surface area contributed by atoms with Crippen LogP contribution in [0.2, 0.25) is 0 Å². The first-order chi connectivity index (χ1) is 15.0. The van der Waals surface area contributed by atoms with Crippen LogP contribution in [-0.2, 0) is 11.4 Å². The minimum atomic E-state index is -0.719. The summed E-state index contributed by atoms with van der Waals surface area (Å²) in [5.74, 6) is 0.622. The fraction of sp³-hybridized carbons (Fsp3) is 0.292. The highest BCUT2D eigenvalue weighted by Crippen LogP contribution is 2.41. The Bertz CT molecular complexity index is 1160. The molecule has 2 N–H and O–H groups in total. The molecule has 1 saturated carbocycles. The third-order valence-corrected chi connectivity index (χ3v) is 7.21. The van der Waals surface area contributed by atoms with Crippen molar-refractivity contribution in [2.45, 2.75) is 48.5 Å². The number of hydrogen-bond acceptors (Lipinski definition) is 5. The van der Waals surface area contributed by atoms with Crippen LogP contribution in [0.15, 0.2) is 59.5 Å². The molecule has 1 aliphatic heterocycles. The van der Waals surface area contributed by atoms with E-state index in [1.807, 2.05) is 49.4 Å². The molecule has 2 aliphatic rings. The number of aryl methyl sites for hydroxylation is 1. The van der Waals surface area contributed by atoms with Gasteiger partial charge in [-0.25, -0.2) is 4.79 Å². The van der Waals surface area contributed by atoms with Gasteiger partial charge >= 0.3 is 6.03 Å². The number of urea groups is 1. The topological polar surface area (TPSA) is 80.3 Å². The fourth-order valence-electron chi connectivity index (χ4n) is 4.43. The van der Waals surface area contributed by atoms with Crippen molar-refractivity contribution in [2.24, 2.45) is 0 Å². The Morgan fingerprint density at radius 2 is 1.97 bits per heavy atom. The highest BCUT2D eigenvalue weighted by molar-refractivity contribution is 8.00. The third kappa shape index (κ3) is 3.97. The Balaban J connectivity index is 1.22. The Hall–Kier alpha value is -3.06. The number of fused-ring (bicyclic) bond motifs is 1. The number of thioether (sulfide) groups is 1. The first kappa shape index (κ1) is 19.9. The highest BCUT2D eigenvalue weighted by Gasteiger charge is 2.51. The number of nitrogens with one attached hydrogen (secondary N) is 2. The van der Waals surface area contributed by atoms with Crippen molar-refractivity contribution >= 4 is 34.6 Å². The first-order valence-electron chi connectivity index (χ1n) is 10.4. The lowest BCUT2D eigenvalue weighted by molar-refractivity contribution is -0.123. The van der Waals surface area contributed by atoms with Crippen LogP contribution in [0.4, 0.5) is 4.79 Å². The van der Waals surface area contributed by atoms with Gasteiger partial charge in [-0.1, -0.05) is 18.2 Å². The number of nitrogens with zero attached hydrogens (tertiary/aromatic N) is 1. The minimum Gasteiger partial charge on any atom is -0.489 e. The number of para-hydroxylation sites is 1. The molecule has 6 nitrogen and oxygen atoms in total. The summed E-state index contributed by atoms with van der Waals surface area (Å²) in [7, 11) is 0. The van der Waals surface area contributed by atoms with E-state index in [1.54, 1.807) is 11.8 Å². The van der Waals surface area contributed by atoms with Crippen LogP contribution in [0.25, 0.3) is 10.9 Å². The second kappa shape index (κ2) is 7.89. The molecule has 158 valence electrons. The Morgan fingerprint density at radius 1 is 1.16 bits per heavy atom. The standard InChI is InChI=1S/C24H23N3O3S/c1-15-12-16(20-4-2-3-5-21(20)25-15)14-30-17-6-8-18(9-7-17)31-19-10-11-24(13-19)22(28)26-23(29)27-24/h2-9,12,19H,10-11,13-14H2,1H3,(H2,26,27,28,29). The van der Waals surface area contributed by atoms with Gasteiger partial charge in [0, 0.05) is 26.8 Å². The molecule has 3 aromatic rings. The van der Waals surface area contributed by atoms with Gasteiger partial charge in [-0.05, 0) is 62.6 Å². The number of benzene rings is 2. The number of ether oxygens (including phenoxy) is 1. The highest BCUT2D eigenvalue weighted by atomic mass is 32.2. The molecular weight excluding hydrogens is 410 g/mol. The molecule has 2 heterocycles. The molecule has 0 bridgehead atoms. The molecule has 3 amide bonds. The molecule has 2 aromatic carbocycles. The number of hydrogen-bond donors (Lipinski definition) is 2. The zero-order valence-corrected chi connectivity index (χ0v) is 18.0. The molecule has 2 atom stereocenters. The van der Waals surface area contributed by atoms with Crippen molar-refractivity contribution in [3.8, 4) is 5.75 Å². The van der Waals surface area contributed by atoms with E-state index in [0.717, 1.165) is 39.2 Å². The predicted octanol–water partition coefficient (Wildman–Crippen LogP) is 4.35. The van der Waals surface area contributed by atoms with E-state index in [-0.39, 0.29) is 11.9 Å². The number of aromatic nitrogens is 1. The Morgan fingerprint density at radius 3 is 2.74 bits per heavy atom. The van der Waals surface area contributed by atoms with Crippen molar-refractivity contribution in [1.29, 1.82) is 0 Å². The molecule has 1 spiro atoms. The van der Waals surface area contributed by atoms with E-state index >= 15 is 0 Å². The lowest BCUT2D eigenvalue weighted by Crippen LogP contribution is -2.44. The monoisotopic (exact) mass is 433 g/mol. The molecule has 31 heavy (non-hydrogen) atoms. The van der Waals surface area contributed by atoms with Crippen LogP contribution in [-0.4, -0.2) is 27.7 Å². The summed E-state index contributed by atoms with van der Waals surface area (Å²) in [5, 5.41) is 6.58. The maximum absolute atomic E-state index is 12.1. The van der Waals surface area contributed by atoms with E-state index in [0.29, 0.717) is 24.7 Å². The van der Waals surface area contributed by atoms with Crippen LogP contribution < -0.4 is 15.4 Å². The van der Waals surface area contributed by atoms with E-state index in [4.69, 9.17) is 4.74 Å². The van der Waals surface area contributed by atoms with Gasteiger partial charge in [-0.2, -0.15) is 0 Å². The minimum absolute atomic E-state index is 0.191. The largest absolute Gasteiger partial charge is 0.489 e. The van der Waals surface area contributed by atoms with E-state index in [1.165, 1.54) is 0 Å². The van der Waals surface area contributed by atoms with Crippen molar-refractivity contribution < 1.29 is 14.3 Å². The lowest BCUT2D eigenvalue weighted by atomic mass is 9.99. The number of amides is 3. The van der Waals surface area contributed by atoms with Gasteiger partial charge < -0.3 is 10.1 Å². The average molecular weight is 434 g/mol. The normalized spacial score (nSPS) is 22.7. The average Bonchev–Trinajstić information content (AvgIpc) is 3.28. The molecule has 7 heteroatoms. The molecule has 1 aromatic heterocycles. The second-order valence-electron chi connectivity index (χ2n) is 8.17. The van der Waals surface area contributed by atoms with Gasteiger partial charge in [0.25, 0.3) is 5.91 Å². The smallest absolute Gasteiger partial charge is 0.322 e. The molecule has 1 aliphatic carbocycles. The Labute approximate surface area is 184 Å². The summed E-state index contributed by atoms with van der Waals surface area (Å²) in [6.45, 7) is 2.48. The molecule has 1 saturated heterocycles. The number of carbonyl (C=O) groups is 2. The maximum Gasteiger partial charge on any atom is 0.322 e. The third-order valence-electron chi connectivity index (χ3n) is 5.93. The molecule has 2 unspecified atom stereocenters. The van der Waals surface area contributed by atoms with Crippen LogP contribution >= 0.6 is 11.8 Å². The van der Waals surface area contributed by atoms with Gasteiger partial charge in [0.05, 0.1) is 5.52 Å². The summed E-state index contributed by atoms with van der Waals surface area (Å²) in [4.78, 5) is 29.3. The van der Waals surface area contributed by atoms with Crippen molar-refractivity contribution in [3.05, 3.63) is 65.9 Å². The summed E-state index contributed by atoms with van der Waals surface area (Å²) in [5.41, 5.74) is 2.36. The van der Waals surface area contributed by atoms with Crippen LogP contribution in [0.3, 0.4) is 0 Å². The number of rotatable bonds is 5. The summed E-state index contributed by atoms with van der Waals surface area (Å²) in [6.07, 6.45) is 2.23. The zero-order chi connectivity index (χ0) is 21.4. The van der Waals surface area contributed by atoms with Crippen LogP contribution in [0.1, 0.15) is 30.5 Å². The number of pyridine rings is 1. The van der Waals surface area contributed by atoms with Crippen molar-refractivity contribution in [2.75, 3.05) is 0 Å². The number of imide groups is 1. The first-order valence-corrected chi connectivity index (χ1v) is 11.3. The quantitative estimate of drug-likeness (QED) is 0.585. The van der Waals surface area contributed by atoms with Crippen molar-refractivity contribution in [1.82, 2.24) is 15.6 Å². The molecule has 2 fully saturated rings. The molecule has 0 radical (unpaired) electrons. The summed E-state index contributed by atoms with van der Waals surface area (Å²) >= 11 is 1.75. The van der Waals surface area contributed by atoms with Gasteiger partial charge in [0.2, 0.25) is 0 Å². The van der Waals surface area contributed by atoms with Crippen LogP contribution in [0.5, 0.6) is 5.75 Å². The van der Waals surface area contributed by atoms with Gasteiger partial charge in [0.1, 0.15) is 17.9 Å². The lowest BCUT2D eigenvalue weighted by Gasteiger charge is -2.19. The van der Waals surface area contributed by atoms with Gasteiger partial charge in [0.15, 0.2) is 0 Å².